The molecule has 0 radical (unpaired) electrons. The fourth-order valence-corrected chi connectivity index (χ4v) is 3.38. The van der Waals surface area contributed by atoms with Gasteiger partial charge in [-0.1, -0.05) is 11.8 Å². The number of halogens is 4. The van der Waals surface area contributed by atoms with Gasteiger partial charge >= 0.3 is 0 Å². The molecule has 0 aliphatic rings. The normalized spacial score (nSPS) is 10.3. The van der Waals surface area contributed by atoms with Crippen LogP contribution in [0, 0.1) is 17.5 Å². The van der Waals surface area contributed by atoms with Gasteiger partial charge in [-0.15, -0.1) is 12.4 Å². The highest BCUT2D eigenvalue weighted by atomic mass is 35.5. The Morgan fingerprint density at radius 2 is 1.79 bits per heavy atom. The number of anilines is 3. The molecule has 0 spiro atoms. The highest BCUT2D eigenvalue weighted by Crippen LogP contribution is 2.29. The Balaban J connectivity index is 0.00000400. The summed E-state index contributed by atoms with van der Waals surface area (Å²) >= 11 is 1.20. The van der Waals surface area contributed by atoms with Crippen LogP contribution in [0.15, 0.2) is 66.1 Å². The molecule has 0 saturated heterocycles. The molecule has 0 aliphatic heterocycles. The van der Waals surface area contributed by atoms with Crippen LogP contribution in [0.3, 0.4) is 0 Å². The molecule has 0 fully saturated rings. The fourth-order valence-electron chi connectivity index (χ4n) is 3.04. The second kappa shape index (κ2) is 12.3. The van der Waals surface area contributed by atoms with Crippen LogP contribution in [0.4, 0.5) is 30.4 Å². The van der Waals surface area contributed by atoms with Gasteiger partial charge in [-0.25, -0.2) is 23.1 Å². The summed E-state index contributed by atoms with van der Waals surface area (Å²) < 4.78 is 47.5. The van der Waals surface area contributed by atoms with E-state index in [4.69, 9.17) is 10.5 Å². The van der Waals surface area contributed by atoms with Gasteiger partial charge in [0.1, 0.15) is 34.5 Å². The summed E-state index contributed by atoms with van der Waals surface area (Å²) in [5.74, 6) is -4.03. The Morgan fingerprint density at radius 3 is 2.47 bits per heavy atom. The number of ether oxygens (including phenoxy) is 1. The zero-order chi connectivity index (χ0) is 26.5. The number of rotatable bonds is 8. The summed E-state index contributed by atoms with van der Waals surface area (Å²) in [4.78, 5) is 36.2. The summed E-state index contributed by atoms with van der Waals surface area (Å²) in [6.45, 7) is 0. The summed E-state index contributed by atoms with van der Waals surface area (Å²) in [7, 11) is 0. The predicted molar refractivity (Wildman–Crippen MR) is 138 cm³/mol. The van der Waals surface area contributed by atoms with E-state index in [9.17, 15) is 22.8 Å². The molecule has 0 aliphatic carbocycles. The number of primary amides is 1. The first-order valence-corrected chi connectivity index (χ1v) is 11.6. The van der Waals surface area contributed by atoms with Crippen LogP contribution in [-0.4, -0.2) is 33.0 Å². The van der Waals surface area contributed by atoms with Gasteiger partial charge < -0.3 is 21.1 Å². The van der Waals surface area contributed by atoms with Gasteiger partial charge in [-0.3, -0.25) is 14.6 Å². The molecule has 2 amide bonds. The molecule has 0 atom stereocenters. The predicted octanol–water partition coefficient (Wildman–Crippen LogP) is 5.32. The summed E-state index contributed by atoms with van der Waals surface area (Å²) in [6.07, 6.45) is 4.25. The Hall–Kier alpha value is -4.36. The lowest BCUT2D eigenvalue weighted by Crippen LogP contribution is -2.16. The van der Waals surface area contributed by atoms with Crippen molar-refractivity contribution >= 4 is 53.2 Å². The number of nitrogens with one attached hydrogen (secondary N) is 2. The maximum atomic E-state index is 14.8. The van der Waals surface area contributed by atoms with E-state index in [-0.39, 0.29) is 52.4 Å². The number of benzene rings is 2. The number of aromatic nitrogens is 3. The van der Waals surface area contributed by atoms with E-state index in [1.807, 2.05) is 0 Å². The highest BCUT2D eigenvalue weighted by molar-refractivity contribution is 7.98. The Labute approximate surface area is 224 Å². The van der Waals surface area contributed by atoms with Crippen LogP contribution in [0.25, 0.3) is 0 Å². The topological polar surface area (TPSA) is 132 Å². The molecule has 38 heavy (non-hydrogen) atoms. The standard InChI is InChI=1S/C24H17F3N6O3S.ClH/c1-37-24-30-11-15(23(35)32-18-4-2-12(25)8-16(18)26)22(33-24)31-13-3-5-20(17(27)9-13)36-14-6-7-29-19(10-14)21(28)34;/h2-11H,1H3,(H2,28,34)(H,32,35)(H,30,31,33);1H. The number of nitrogens with two attached hydrogens (primary N) is 1. The van der Waals surface area contributed by atoms with Crippen molar-refractivity contribution in [3.63, 3.8) is 0 Å². The van der Waals surface area contributed by atoms with Gasteiger partial charge in [0.2, 0.25) is 0 Å². The van der Waals surface area contributed by atoms with E-state index >= 15 is 0 Å². The molecule has 2 aromatic heterocycles. The van der Waals surface area contributed by atoms with Crippen molar-refractivity contribution < 1.29 is 27.5 Å². The molecule has 0 saturated carbocycles. The number of pyridine rings is 1. The third kappa shape index (κ3) is 6.69. The highest BCUT2D eigenvalue weighted by Gasteiger charge is 2.18. The third-order valence-electron chi connectivity index (χ3n) is 4.78. The van der Waals surface area contributed by atoms with Crippen molar-refractivity contribution in [3.05, 3.63) is 89.6 Å². The second-order valence-corrected chi connectivity index (χ2v) is 8.08. The van der Waals surface area contributed by atoms with Gasteiger partial charge in [0.05, 0.1) is 5.69 Å². The minimum absolute atomic E-state index is 0. The quantitative estimate of drug-likeness (QED) is 0.194. The molecule has 4 aromatic rings. The van der Waals surface area contributed by atoms with Gasteiger partial charge in [-0.05, 0) is 36.6 Å². The van der Waals surface area contributed by atoms with Crippen LogP contribution in [0.2, 0.25) is 0 Å². The molecule has 4 rings (SSSR count). The minimum Gasteiger partial charge on any atom is -0.454 e. The van der Waals surface area contributed by atoms with E-state index in [0.29, 0.717) is 11.2 Å². The number of hydrogen-bond acceptors (Lipinski definition) is 8. The third-order valence-corrected chi connectivity index (χ3v) is 5.34. The van der Waals surface area contributed by atoms with E-state index < -0.39 is 29.3 Å². The fraction of sp³-hybridized carbons (Fsp3) is 0.0417. The number of hydrogen-bond donors (Lipinski definition) is 3. The molecule has 0 unspecified atom stereocenters. The molecular weight excluding hydrogens is 545 g/mol. The zero-order valence-electron chi connectivity index (χ0n) is 19.4. The Morgan fingerprint density at radius 1 is 1.00 bits per heavy atom. The molecule has 14 heteroatoms. The summed E-state index contributed by atoms with van der Waals surface area (Å²) in [5, 5.41) is 5.50. The minimum atomic E-state index is -0.959. The summed E-state index contributed by atoms with van der Waals surface area (Å²) in [6, 6.07) is 9.31. The van der Waals surface area contributed by atoms with Crippen LogP contribution >= 0.6 is 24.2 Å². The zero-order valence-corrected chi connectivity index (χ0v) is 21.0. The number of thioether (sulfide) groups is 1. The summed E-state index contributed by atoms with van der Waals surface area (Å²) in [5.41, 5.74) is 5.05. The lowest BCUT2D eigenvalue weighted by Gasteiger charge is -2.13. The number of nitrogens with zero attached hydrogens (tertiary/aromatic N) is 3. The molecular formula is C24H18ClF3N6O3S. The number of carbonyl (C=O) groups is 2. The van der Waals surface area contributed by atoms with Gasteiger partial charge in [0.15, 0.2) is 16.7 Å². The molecule has 0 bridgehead atoms. The Kier molecular flexibility index (Phi) is 9.10. The van der Waals surface area contributed by atoms with Crippen molar-refractivity contribution in [3.8, 4) is 11.5 Å². The first-order valence-electron chi connectivity index (χ1n) is 10.4. The van der Waals surface area contributed by atoms with Gasteiger partial charge in [0.25, 0.3) is 11.8 Å². The van der Waals surface area contributed by atoms with Crippen LogP contribution in [0.1, 0.15) is 20.8 Å². The smallest absolute Gasteiger partial charge is 0.267 e. The van der Waals surface area contributed by atoms with Crippen LogP contribution in [0.5, 0.6) is 11.5 Å². The van der Waals surface area contributed by atoms with Crippen molar-refractivity contribution in [1.82, 2.24) is 15.0 Å². The van der Waals surface area contributed by atoms with Crippen molar-refractivity contribution in [2.24, 2.45) is 5.73 Å². The monoisotopic (exact) mass is 562 g/mol. The van der Waals surface area contributed by atoms with Crippen molar-refractivity contribution in [1.29, 1.82) is 0 Å². The van der Waals surface area contributed by atoms with Crippen molar-refractivity contribution in [2.75, 3.05) is 16.9 Å². The lowest BCUT2D eigenvalue weighted by molar-refractivity contribution is 0.0993. The number of amides is 2. The van der Waals surface area contributed by atoms with E-state index in [2.05, 4.69) is 25.6 Å². The van der Waals surface area contributed by atoms with E-state index in [1.54, 1.807) is 6.26 Å². The second-order valence-electron chi connectivity index (χ2n) is 7.31. The maximum absolute atomic E-state index is 14.8. The molecule has 196 valence electrons. The first kappa shape index (κ1) is 28.2. The van der Waals surface area contributed by atoms with Crippen LogP contribution < -0.4 is 21.1 Å². The van der Waals surface area contributed by atoms with Gasteiger partial charge in [-0.2, -0.15) is 0 Å². The number of carbonyl (C=O) groups excluding carboxylic acids is 2. The average molecular weight is 563 g/mol. The van der Waals surface area contributed by atoms with Crippen LogP contribution in [-0.2, 0) is 0 Å². The van der Waals surface area contributed by atoms with Crippen molar-refractivity contribution in [2.45, 2.75) is 5.16 Å². The molecule has 9 nitrogen and oxygen atoms in total. The largest absolute Gasteiger partial charge is 0.454 e. The SMILES string of the molecule is CSc1ncc(C(=O)Nc2ccc(F)cc2F)c(Nc2ccc(Oc3ccnc(C(N)=O)c3)c(F)c2)n1.Cl. The van der Waals surface area contributed by atoms with Gasteiger partial charge in [0, 0.05) is 36.3 Å². The molecule has 2 heterocycles. The molecule has 2 aromatic carbocycles. The Bertz CT molecular complexity index is 1510. The van der Waals surface area contributed by atoms with E-state index in [1.165, 1.54) is 48.4 Å². The van der Waals surface area contributed by atoms with E-state index in [0.717, 1.165) is 18.2 Å². The molecule has 4 N–H and O–H groups in total. The first-order chi connectivity index (χ1) is 17.7. The lowest BCUT2D eigenvalue weighted by atomic mass is 10.2. The maximum Gasteiger partial charge on any atom is 0.267 e. The average Bonchev–Trinajstić information content (AvgIpc) is 2.87.